The highest BCUT2D eigenvalue weighted by atomic mass is 32.1. The molecule has 1 aliphatic heterocycles. The minimum absolute atomic E-state index is 0.0765. The number of hydrogen-bond acceptors (Lipinski definition) is 6. The molecule has 18 heavy (non-hydrogen) atoms. The van der Waals surface area contributed by atoms with Crippen molar-refractivity contribution in [3.05, 3.63) is 21.1 Å². The van der Waals surface area contributed by atoms with Crippen molar-refractivity contribution in [2.45, 2.75) is 25.6 Å². The summed E-state index contributed by atoms with van der Waals surface area (Å²) in [6, 6.07) is 1.46. The molecule has 6 nitrogen and oxygen atoms in total. The van der Waals surface area contributed by atoms with Gasteiger partial charge in [-0.05, 0) is 13.3 Å². The summed E-state index contributed by atoms with van der Waals surface area (Å²) in [6.07, 6.45) is 0.320. The fourth-order valence-electron chi connectivity index (χ4n) is 2.06. The number of hydrogen-bond donors (Lipinski definition) is 1. The maximum absolute atomic E-state index is 11.0. The molecule has 0 spiro atoms. The van der Waals surface area contributed by atoms with Crippen molar-refractivity contribution >= 4 is 22.0 Å². The number of methoxy groups -OCH3 is 1. The van der Waals surface area contributed by atoms with E-state index in [4.69, 9.17) is 4.74 Å². The van der Waals surface area contributed by atoms with E-state index >= 15 is 0 Å². The van der Waals surface area contributed by atoms with Crippen LogP contribution in [0.4, 0.5) is 10.7 Å². The second-order valence-electron chi connectivity index (χ2n) is 4.36. The first-order valence-electron chi connectivity index (χ1n) is 5.77. The van der Waals surface area contributed by atoms with E-state index in [-0.39, 0.29) is 11.8 Å². The summed E-state index contributed by atoms with van der Waals surface area (Å²) in [7, 11) is 1.65. The van der Waals surface area contributed by atoms with E-state index in [0.717, 1.165) is 13.0 Å². The van der Waals surface area contributed by atoms with Gasteiger partial charge >= 0.3 is 5.69 Å². The second kappa shape index (κ2) is 5.21. The van der Waals surface area contributed by atoms with Gasteiger partial charge in [-0.2, -0.15) is 0 Å². The zero-order valence-corrected chi connectivity index (χ0v) is 11.1. The Kier molecular flexibility index (Phi) is 3.84. The van der Waals surface area contributed by atoms with E-state index in [1.54, 1.807) is 14.0 Å². The van der Waals surface area contributed by atoms with Gasteiger partial charge in [0.1, 0.15) is 0 Å². The third-order valence-electron chi connectivity index (χ3n) is 3.09. The van der Waals surface area contributed by atoms with Gasteiger partial charge in [0.15, 0.2) is 5.00 Å². The van der Waals surface area contributed by atoms with Gasteiger partial charge in [0, 0.05) is 31.1 Å². The maximum Gasteiger partial charge on any atom is 0.304 e. The van der Waals surface area contributed by atoms with Crippen molar-refractivity contribution in [1.82, 2.24) is 0 Å². The van der Waals surface area contributed by atoms with Crippen molar-refractivity contribution in [3.63, 3.8) is 0 Å². The second-order valence-corrected chi connectivity index (χ2v) is 5.43. The van der Waals surface area contributed by atoms with Crippen LogP contribution >= 0.6 is 11.3 Å². The summed E-state index contributed by atoms with van der Waals surface area (Å²) in [6.45, 7) is 3.03. The van der Waals surface area contributed by atoms with Crippen LogP contribution < -0.4 is 4.90 Å². The third-order valence-corrected chi connectivity index (χ3v) is 4.44. The molecule has 0 bridgehead atoms. The summed E-state index contributed by atoms with van der Waals surface area (Å²) in [5.74, 6) is 0. The summed E-state index contributed by atoms with van der Waals surface area (Å²) < 4.78 is 5.26. The number of aliphatic hydroxyl groups excluding tert-OH is 1. The first-order chi connectivity index (χ1) is 8.52. The van der Waals surface area contributed by atoms with Crippen LogP contribution in [0.2, 0.25) is 0 Å². The number of ether oxygens (including phenoxy) is 1. The van der Waals surface area contributed by atoms with E-state index in [1.807, 2.05) is 4.90 Å². The predicted molar refractivity (Wildman–Crippen MR) is 69.2 cm³/mol. The van der Waals surface area contributed by atoms with Gasteiger partial charge in [0.25, 0.3) is 0 Å². The molecule has 0 radical (unpaired) electrons. The topological polar surface area (TPSA) is 75.8 Å². The quantitative estimate of drug-likeness (QED) is 0.669. The zero-order valence-electron chi connectivity index (χ0n) is 10.3. The van der Waals surface area contributed by atoms with E-state index in [0.29, 0.717) is 16.4 Å². The molecule has 2 rings (SSSR count). The molecule has 100 valence electrons. The molecule has 0 saturated carbocycles. The van der Waals surface area contributed by atoms with Gasteiger partial charge in [0.05, 0.1) is 17.1 Å². The Balaban J connectivity index is 2.28. The van der Waals surface area contributed by atoms with Gasteiger partial charge in [-0.1, -0.05) is 0 Å². The Morgan fingerprint density at radius 2 is 2.44 bits per heavy atom. The molecule has 2 unspecified atom stereocenters. The SMILES string of the molecule is COC1CCN(c2sc(C(C)O)cc2[N+](=O)[O-])C1. The van der Waals surface area contributed by atoms with Crippen molar-refractivity contribution in [3.8, 4) is 0 Å². The molecule has 1 fully saturated rings. The number of nitrogens with zero attached hydrogens (tertiary/aromatic N) is 2. The van der Waals surface area contributed by atoms with Gasteiger partial charge in [-0.15, -0.1) is 11.3 Å². The van der Waals surface area contributed by atoms with Crippen molar-refractivity contribution in [1.29, 1.82) is 0 Å². The predicted octanol–water partition coefficient (Wildman–Crippen LogP) is 1.93. The average Bonchev–Trinajstić information content (AvgIpc) is 2.95. The van der Waals surface area contributed by atoms with Gasteiger partial charge in [-0.3, -0.25) is 10.1 Å². The lowest BCUT2D eigenvalue weighted by molar-refractivity contribution is -0.383. The fourth-order valence-corrected chi connectivity index (χ4v) is 3.16. The van der Waals surface area contributed by atoms with Crippen LogP contribution in [0.5, 0.6) is 0 Å². The zero-order chi connectivity index (χ0) is 13.3. The minimum Gasteiger partial charge on any atom is -0.388 e. The smallest absolute Gasteiger partial charge is 0.304 e. The first kappa shape index (κ1) is 13.3. The number of aliphatic hydroxyl groups is 1. The standard InChI is InChI=1S/C11H16N2O4S/c1-7(14)10-5-9(13(15)16)11(18-10)12-4-3-8(6-12)17-2/h5,7-8,14H,3-4,6H2,1-2H3. The highest BCUT2D eigenvalue weighted by molar-refractivity contribution is 7.16. The molecule has 0 aromatic carbocycles. The van der Waals surface area contributed by atoms with Crippen LogP contribution in [-0.4, -0.2) is 36.3 Å². The summed E-state index contributed by atoms with van der Waals surface area (Å²) in [5, 5.41) is 21.2. The molecule has 2 heterocycles. The lowest BCUT2D eigenvalue weighted by atomic mass is 10.3. The van der Waals surface area contributed by atoms with Crippen molar-refractivity contribution in [2.24, 2.45) is 0 Å². The Morgan fingerprint density at radius 3 is 2.94 bits per heavy atom. The lowest BCUT2D eigenvalue weighted by Crippen LogP contribution is -2.21. The van der Waals surface area contributed by atoms with Crippen molar-refractivity contribution < 1.29 is 14.8 Å². The van der Waals surface area contributed by atoms with Crippen LogP contribution in [0.25, 0.3) is 0 Å². The molecule has 1 aliphatic rings. The molecule has 0 amide bonds. The Morgan fingerprint density at radius 1 is 1.72 bits per heavy atom. The summed E-state index contributed by atoms with van der Waals surface area (Å²) in [5.41, 5.74) is 0.0765. The van der Waals surface area contributed by atoms with Crippen LogP contribution in [0, 0.1) is 10.1 Å². The first-order valence-corrected chi connectivity index (χ1v) is 6.58. The van der Waals surface area contributed by atoms with Crippen LogP contribution in [0.3, 0.4) is 0 Å². The number of rotatable bonds is 4. The number of anilines is 1. The molecule has 2 atom stereocenters. The molecule has 1 aromatic rings. The van der Waals surface area contributed by atoms with Gasteiger partial charge < -0.3 is 14.7 Å². The van der Waals surface area contributed by atoms with Gasteiger partial charge in [-0.25, -0.2) is 0 Å². The Labute approximate surface area is 109 Å². The summed E-state index contributed by atoms with van der Waals surface area (Å²) in [4.78, 5) is 13.2. The van der Waals surface area contributed by atoms with E-state index < -0.39 is 11.0 Å². The highest BCUT2D eigenvalue weighted by Gasteiger charge is 2.30. The monoisotopic (exact) mass is 272 g/mol. The Hall–Kier alpha value is -1.18. The van der Waals surface area contributed by atoms with E-state index in [9.17, 15) is 15.2 Å². The molecular formula is C11H16N2O4S. The third kappa shape index (κ3) is 2.47. The minimum atomic E-state index is -0.678. The molecular weight excluding hydrogens is 256 g/mol. The van der Waals surface area contributed by atoms with Crippen LogP contribution in [-0.2, 0) is 4.74 Å². The lowest BCUT2D eigenvalue weighted by Gasteiger charge is -2.15. The van der Waals surface area contributed by atoms with E-state index in [2.05, 4.69) is 0 Å². The van der Waals surface area contributed by atoms with Gasteiger partial charge in [0.2, 0.25) is 0 Å². The van der Waals surface area contributed by atoms with Crippen molar-refractivity contribution in [2.75, 3.05) is 25.1 Å². The number of nitro groups is 1. The maximum atomic E-state index is 11.0. The largest absolute Gasteiger partial charge is 0.388 e. The van der Waals surface area contributed by atoms with Crippen LogP contribution in [0.1, 0.15) is 24.3 Å². The van der Waals surface area contributed by atoms with Crippen LogP contribution in [0.15, 0.2) is 6.07 Å². The molecule has 7 heteroatoms. The number of thiophene rings is 1. The Bertz CT molecular complexity index is 446. The molecule has 1 aromatic heterocycles. The summed E-state index contributed by atoms with van der Waals surface area (Å²) >= 11 is 1.28. The normalized spacial score (nSPS) is 21.3. The fraction of sp³-hybridized carbons (Fsp3) is 0.636. The molecule has 1 N–H and O–H groups in total. The van der Waals surface area contributed by atoms with E-state index in [1.165, 1.54) is 17.4 Å². The molecule has 1 saturated heterocycles. The average molecular weight is 272 g/mol. The molecule has 0 aliphatic carbocycles. The highest BCUT2D eigenvalue weighted by Crippen LogP contribution is 2.41.